The van der Waals surface area contributed by atoms with Crippen molar-refractivity contribution < 1.29 is 0 Å². The lowest BCUT2D eigenvalue weighted by Crippen LogP contribution is -2.42. The molecule has 1 heterocycles. The van der Waals surface area contributed by atoms with Gasteiger partial charge < -0.3 is 10.2 Å². The Morgan fingerprint density at radius 2 is 1.76 bits per heavy atom. The quantitative estimate of drug-likeness (QED) is 0.728. The average molecular weight is 295 g/mol. The lowest BCUT2D eigenvalue weighted by atomic mass is 9.93. The minimum atomic E-state index is 0.790. The van der Waals surface area contributed by atoms with Gasteiger partial charge in [-0.3, -0.25) is 0 Å². The second-order valence-electron chi connectivity index (χ2n) is 7.46. The molecule has 1 saturated carbocycles. The van der Waals surface area contributed by atoms with Crippen LogP contribution in [0, 0.1) is 11.8 Å². The second-order valence-corrected chi connectivity index (χ2v) is 7.46. The van der Waals surface area contributed by atoms with Crippen molar-refractivity contribution in [3.63, 3.8) is 0 Å². The van der Waals surface area contributed by atoms with Gasteiger partial charge in [-0.15, -0.1) is 0 Å². The first kappa shape index (κ1) is 17.3. The van der Waals surface area contributed by atoms with Gasteiger partial charge in [0.25, 0.3) is 0 Å². The molecule has 3 unspecified atom stereocenters. The Kier molecular flexibility index (Phi) is 8.10. The number of nitrogens with zero attached hydrogens (tertiary/aromatic N) is 1. The summed E-state index contributed by atoms with van der Waals surface area (Å²) in [5.74, 6) is 1.90. The molecule has 0 aromatic heterocycles. The van der Waals surface area contributed by atoms with E-state index >= 15 is 0 Å². The molecule has 2 heteroatoms. The van der Waals surface area contributed by atoms with Crippen LogP contribution in [-0.4, -0.2) is 37.1 Å². The molecular weight excluding hydrogens is 256 g/mol. The number of rotatable bonds is 6. The first-order valence-corrected chi connectivity index (χ1v) is 9.79. The normalized spacial score (nSPS) is 32.6. The summed E-state index contributed by atoms with van der Waals surface area (Å²) in [5, 5.41) is 3.86. The summed E-state index contributed by atoms with van der Waals surface area (Å²) in [7, 11) is 0. The summed E-state index contributed by atoms with van der Waals surface area (Å²) in [4.78, 5) is 2.80. The van der Waals surface area contributed by atoms with Crippen molar-refractivity contribution in [2.24, 2.45) is 11.8 Å². The van der Waals surface area contributed by atoms with Gasteiger partial charge in [0.05, 0.1) is 0 Å². The predicted octanol–water partition coefficient (Wildman–Crippen LogP) is 4.45. The zero-order chi connectivity index (χ0) is 14.9. The first-order valence-electron chi connectivity index (χ1n) is 9.79. The Morgan fingerprint density at radius 3 is 2.57 bits per heavy atom. The van der Waals surface area contributed by atoms with E-state index in [9.17, 15) is 0 Å². The number of nitrogens with one attached hydrogen (secondary N) is 1. The molecule has 21 heavy (non-hydrogen) atoms. The van der Waals surface area contributed by atoms with E-state index in [0.29, 0.717) is 0 Å². The van der Waals surface area contributed by atoms with Gasteiger partial charge in [-0.2, -0.15) is 0 Å². The molecule has 0 bridgehead atoms. The molecule has 2 aliphatic rings. The molecule has 0 amide bonds. The summed E-state index contributed by atoms with van der Waals surface area (Å²) in [5.41, 5.74) is 0. The predicted molar refractivity (Wildman–Crippen MR) is 92.7 cm³/mol. The van der Waals surface area contributed by atoms with E-state index in [4.69, 9.17) is 0 Å². The van der Waals surface area contributed by atoms with Crippen molar-refractivity contribution in [3.8, 4) is 0 Å². The minimum Gasteiger partial charge on any atom is -0.314 e. The fourth-order valence-corrected chi connectivity index (χ4v) is 4.35. The molecule has 2 rings (SSSR count). The largest absolute Gasteiger partial charge is 0.314 e. The molecule has 0 radical (unpaired) electrons. The zero-order valence-corrected chi connectivity index (χ0v) is 14.6. The zero-order valence-electron chi connectivity index (χ0n) is 14.6. The summed E-state index contributed by atoms with van der Waals surface area (Å²) in [6, 6.07) is 0.790. The van der Waals surface area contributed by atoms with E-state index < -0.39 is 0 Å². The van der Waals surface area contributed by atoms with Crippen molar-refractivity contribution in [3.05, 3.63) is 0 Å². The highest BCUT2D eigenvalue weighted by Gasteiger charge is 2.26. The summed E-state index contributed by atoms with van der Waals surface area (Å²) in [6.07, 6.45) is 14.2. The maximum Gasteiger partial charge on any atom is 0.0107 e. The third kappa shape index (κ3) is 5.90. The Bertz CT molecular complexity index is 266. The molecular formula is C19H38N2. The maximum atomic E-state index is 3.86. The van der Waals surface area contributed by atoms with E-state index in [2.05, 4.69) is 24.1 Å². The van der Waals surface area contributed by atoms with Crippen LogP contribution >= 0.6 is 0 Å². The average Bonchev–Trinajstić information content (AvgIpc) is 2.86. The van der Waals surface area contributed by atoms with Gasteiger partial charge in [0.2, 0.25) is 0 Å². The van der Waals surface area contributed by atoms with Crippen LogP contribution in [0.15, 0.2) is 0 Å². The summed E-state index contributed by atoms with van der Waals surface area (Å²) >= 11 is 0. The van der Waals surface area contributed by atoms with Gasteiger partial charge in [0.15, 0.2) is 0 Å². The lowest BCUT2D eigenvalue weighted by Gasteiger charge is -2.31. The molecule has 1 saturated heterocycles. The fraction of sp³-hybridized carbons (Fsp3) is 1.00. The standard InChI is InChI=1S/C19H38N2/c1-3-13-20-19-11-7-5-6-10-18(19)16-21-14-8-9-17(4-2)12-15-21/h17-20H,3-16H2,1-2H3. The third-order valence-electron chi connectivity index (χ3n) is 5.83. The monoisotopic (exact) mass is 294 g/mol. The van der Waals surface area contributed by atoms with Gasteiger partial charge in [-0.25, -0.2) is 0 Å². The van der Waals surface area contributed by atoms with Crippen molar-refractivity contribution in [2.45, 2.75) is 84.1 Å². The van der Waals surface area contributed by atoms with E-state index in [1.165, 1.54) is 90.4 Å². The molecule has 0 aromatic rings. The minimum absolute atomic E-state index is 0.790. The van der Waals surface area contributed by atoms with Crippen LogP contribution in [0.25, 0.3) is 0 Å². The molecule has 1 N–H and O–H groups in total. The second kappa shape index (κ2) is 9.84. The summed E-state index contributed by atoms with van der Waals surface area (Å²) < 4.78 is 0. The molecule has 1 aliphatic carbocycles. The van der Waals surface area contributed by atoms with Crippen molar-refractivity contribution in [2.75, 3.05) is 26.2 Å². The highest BCUT2D eigenvalue weighted by atomic mass is 15.1. The van der Waals surface area contributed by atoms with Crippen LogP contribution in [0.2, 0.25) is 0 Å². The smallest absolute Gasteiger partial charge is 0.0107 e. The fourth-order valence-electron chi connectivity index (χ4n) is 4.35. The molecule has 0 aromatic carbocycles. The van der Waals surface area contributed by atoms with Gasteiger partial charge in [-0.05, 0) is 70.0 Å². The number of hydrogen-bond donors (Lipinski definition) is 1. The Labute approximate surface area is 133 Å². The molecule has 124 valence electrons. The summed E-state index contributed by atoms with van der Waals surface area (Å²) in [6.45, 7) is 9.94. The van der Waals surface area contributed by atoms with Gasteiger partial charge >= 0.3 is 0 Å². The maximum absolute atomic E-state index is 3.86. The van der Waals surface area contributed by atoms with Crippen LogP contribution in [0.1, 0.15) is 78.1 Å². The third-order valence-corrected chi connectivity index (χ3v) is 5.83. The van der Waals surface area contributed by atoms with E-state index in [-0.39, 0.29) is 0 Å². The molecule has 2 nitrogen and oxygen atoms in total. The Morgan fingerprint density at radius 1 is 0.905 bits per heavy atom. The molecule has 2 fully saturated rings. The number of hydrogen-bond acceptors (Lipinski definition) is 2. The van der Waals surface area contributed by atoms with Gasteiger partial charge in [0.1, 0.15) is 0 Å². The van der Waals surface area contributed by atoms with Gasteiger partial charge in [0, 0.05) is 12.6 Å². The number of likely N-dealkylation sites (tertiary alicyclic amines) is 1. The van der Waals surface area contributed by atoms with E-state index in [0.717, 1.165) is 17.9 Å². The van der Waals surface area contributed by atoms with Crippen LogP contribution in [-0.2, 0) is 0 Å². The van der Waals surface area contributed by atoms with Crippen LogP contribution < -0.4 is 5.32 Å². The van der Waals surface area contributed by atoms with Crippen molar-refractivity contribution in [1.29, 1.82) is 0 Å². The molecule has 3 atom stereocenters. The topological polar surface area (TPSA) is 15.3 Å². The SMILES string of the molecule is CCCNC1CCCCCC1CN1CCCC(CC)CC1. The lowest BCUT2D eigenvalue weighted by molar-refractivity contribution is 0.197. The molecule has 1 aliphatic heterocycles. The van der Waals surface area contributed by atoms with E-state index in [1.807, 2.05) is 0 Å². The van der Waals surface area contributed by atoms with E-state index in [1.54, 1.807) is 0 Å². The molecule has 0 spiro atoms. The van der Waals surface area contributed by atoms with Crippen LogP contribution in [0.5, 0.6) is 0 Å². The van der Waals surface area contributed by atoms with Crippen molar-refractivity contribution in [1.82, 2.24) is 10.2 Å². The highest BCUT2D eigenvalue weighted by Crippen LogP contribution is 2.26. The highest BCUT2D eigenvalue weighted by molar-refractivity contribution is 4.83. The van der Waals surface area contributed by atoms with Gasteiger partial charge in [-0.1, -0.05) is 39.5 Å². The Hall–Kier alpha value is -0.0800. The van der Waals surface area contributed by atoms with Crippen molar-refractivity contribution >= 4 is 0 Å². The first-order chi connectivity index (χ1) is 10.3. The Balaban J connectivity index is 1.84. The van der Waals surface area contributed by atoms with Crippen LogP contribution in [0.4, 0.5) is 0 Å². The van der Waals surface area contributed by atoms with Crippen LogP contribution in [0.3, 0.4) is 0 Å².